The van der Waals surface area contributed by atoms with E-state index in [1.165, 1.54) is 5.56 Å². The second-order valence-corrected chi connectivity index (χ2v) is 5.58. The predicted octanol–water partition coefficient (Wildman–Crippen LogP) is 4.19. The fraction of sp³-hybridized carbons (Fsp3) is 0.0625. The normalized spacial score (nSPS) is 10.7. The van der Waals surface area contributed by atoms with E-state index in [9.17, 15) is 0 Å². The molecule has 0 amide bonds. The van der Waals surface area contributed by atoms with E-state index in [2.05, 4.69) is 40.1 Å². The van der Waals surface area contributed by atoms with Crippen molar-refractivity contribution in [3.63, 3.8) is 0 Å². The predicted molar refractivity (Wildman–Crippen MR) is 85.8 cm³/mol. The highest BCUT2D eigenvalue weighted by atomic mass is 79.9. The van der Waals surface area contributed by atoms with Crippen LogP contribution in [0.15, 0.2) is 59.1 Å². The Hall–Kier alpha value is -2.07. The van der Waals surface area contributed by atoms with Crippen molar-refractivity contribution < 1.29 is 0 Å². The number of nitrogens with two attached hydrogens (primary N) is 1. The quantitative estimate of drug-likeness (QED) is 0.766. The molecule has 0 atom stereocenters. The number of nitrogens with zero attached hydrogens (tertiary/aromatic N) is 2. The van der Waals surface area contributed by atoms with Gasteiger partial charge in [0.15, 0.2) is 0 Å². The van der Waals surface area contributed by atoms with Gasteiger partial charge in [0.25, 0.3) is 0 Å². The molecule has 3 rings (SSSR count). The highest BCUT2D eigenvalue weighted by Crippen LogP contribution is 2.28. The van der Waals surface area contributed by atoms with Crippen molar-refractivity contribution in [3.8, 4) is 16.9 Å². The number of halogens is 1. The standard InChI is InChI=1S/C16H14BrN3/c1-11-7-8-12(17)9-14(11)15-10-16(18)20(19-15)13-5-3-2-4-6-13/h2-10H,18H2,1H3. The lowest BCUT2D eigenvalue weighted by molar-refractivity contribution is 0.895. The van der Waals surface area contributed by atoms with Crippen molar-refractivity contribution in [2.24, 2.45) is 0 Å². The number of aromatic nitrogens is 2. The van der Waals surface area contributed by atoms with Crippen LogP contribution in [0.1, 0.15) is 5.56 Å². The Morgan fingerprint density at radius 3 is 2.55 bits per heavy atom. The molecule has 0 unspecified atom stereocenters. The third kappa shape index (κ3) is 2.34. The maximum absolute atomic E-state index is 6.09. The van der Waals surface area contributed by atoms with Crippen LogP contribution in [0.5, 0.6) is 0 Å². The van der Waals surface area contributed by atoms with Crippen LogP contribution in [0, 0.1) is 6.92 Å². The van der Waals surface area contributed by atoms with Gasteiger partial charge < -0.3 is 5.73 Å². The summed E-state index contributed by atoms with van der Waals surface area (Å²) < 4.78 is 2.79. The summed E-state index contributed by atoms with van der Waals surface area (Å²) in [5.74, 6) is 0.630. The molecular weight excluding hydrogens is 314 g/mol. The zero-order valence-corrected chi connectivity index (χ0v) is 12.6. The minimum Gasteiger partial charge on any atom is -0.384 e. The summed E-state index contributed by atoms with van der Waals surface area (Å²) in [6, 6.07) is 18.0. The van der Waals surface area contributed by atoms with Crippen molar-refractivity contribution in [2.45, 2.75) is 6.92 Å². The summed E-state index contributed by atoms with van der Waals surface area (Å²) >= 11 is 3.50. The molecule has 20 heavy (non-hydrogen) atoms. The van der Waals surface area contributed by atoms with Gasteiger partial charge in [-0.25, -0.2) is 4.68 Å². The van der Waals surface area contributed by atoms with Crippen LogP contribution >= 0.6 is 15.9 Å². The molecule has 0 radical (unpaired) electrons. The molecule has 0 aliphatic rings. The summed E-state index contributed by atoms with van der Waals surface area (Å²) in [6.45, 7) is 2.07. The Labute approximate surface area is 126 Å². The lowest BCUT2D eigenvalue weighted by Crippen LogP contribution is -2.01. The van der Waals surface area contributed by atoms with Crippen LogP contribution in [-0.4, -0.2) is 9.78 Å². The SMILES string of the molecule is Cc1ccc(Br)cc1-c1cc(N)n(-c2ccccc2)n1. The zero-order valence-electron chi connectivity index (χ0n) is 11.0. The third-order valence-corrected chi connectivity index (χ3v) is 3.71. The number of anilines is 1. The van der Waals surface area contributed by atoms with Gasteiger partial charge in [-0.05, 0) is 36.8 Å². The molecule has 2 aromatic carbocycles. The van der Waals surface area contributed by atoms with Gasteiger partial charge in [-0.3, -0.25) is 0 Å². The summed E-state index contributed by atoms with van der Waals surface area (Å²) in [4.78, 5) is 0. The van der Waals surface area contributed by atoms with Gasteiger partial charge in [-0.15, -0.1) is 0 Å². The van der Waals surface area contributed by atoms with E-state index in [0.29, 0.717) is 5.82 Å². The number of para-hydroxylation sites is 1. The van der Waals surface area contributed by atoms with Crippen LogP contribution in [0.3, 0.4) is 0 Å². The van der Waals surface area contributed by atoms with Crippen LogP contribution in [0.2, 0.25) is 0 Å². The molecule has 0 aliphatic heterocycles. The molecule has 0 fully saturated rings. The molecule has 3 aromatic rings. The van der Waals surface area contributed by atoms with E-state index < -0.39 is 0 Å². The minimum absolute atomic E-state index is 0.630. The smallest absolute Gasteiger partial charge is 0.127 e. The maximum atomic E-state index is 6.09. The fourth-order valence-electron chi connectivity index (χ4n) is 2.17. The van der Waals surface area contributed by atoms with Crippen molar-refractivity contribution >= 4 is 21.7 Å². The van der Waals surface area contributed by atoms with Crippen LogP contribution < -0.4 is 5.73 Å². The van der Waals surface area contributed by atoms with Crippen LogP contribution in [0.25, 0.3) is 16.9 Å². The van der Waals surface area contributed by atoms with Crippen molar-refractivity contribution in [1.82, 2.24) is 9.78 Å². The van der Waals surface area contributed by atoms with Crippen LogP contribution in [0.4, 0.5) is 5.82 Å². The Balaban J connectivity index is 2.11. The summed E-state index contributed by atoms with van der Waals surface area (Å²) in [5, 5.41) is 4.62. The number of rotatable bonds is 2. The van der Waals surface area contributed by atoms with Gasteiger partial charge in [0.05, 0.1) is 11.4 Å². The highest BCUT2D eigenvalue weighted by Gasteiger charge is 2.10. The van der Waals surface area contributed by atoms with Gasteiger partial charge in [0.1, 0.15) is 5.82 Å². The van der Waals surface area contributed by atoms with Crippen molar-refractivity contribution in [2.75, 3.05) is 5.73 Å². The molecule has 0 aliphatic carbocycles. The first-order chi connectivity index (χ1) is 9.65. The second-order valence-electron chi connectivity index (χ2n) is 4.66. The molecule has 3 nitrogen and oxygen atoms in total. The highest BCUT2D eigenvalue weighted by molar-refractivity contribution is 9.10. The van der Waals surface area contributed by atoms with Crippen molar-refractivity contribution in [1.29, 1.82) is 0 Å². The topological polar surface area (TPSA) is 43.8 Å². The number of hydrogen-bond donors (Lipinski definition) is 1. The molecule has 1 heterocycles. The summed E-state index contributed by atoms with van der Waals surface area (Å²) in [5.41, 5.74) is 10.2. The van der Waals surface area contributed by atoms with Gasteiger partial charge in [-0.1, -0.05) is 40.2 Å². The number of nitrogen functional groups attached to an aromatic ring is 1. The van der Waals surface area contributed by atoms with E-state index >= 15 is 0 Å². The third-order valence-electron chi connectivity index (χ3n) is 3.21. The Kier molecular flexibility index (Phi) is 3.32. The maximum Gasteiger partial charge on any atom is 0.127 e. The Morgan fingerprint density at radius 1 is 1.05 bits per heavy atom. The fourth-order valence-corrected chi connectivity index (χ4v) is 2.53. The average Bonchev–Trinajstić information content (AvgIpc) is 2.84. The number of aryl methyl sites for hydroxylation is 1. The van der Waals surface area contributed by atoms with E-state index in [1.54, 1.807) is 4.68 Å². The first kappa shape index (κ1) is 12.9. The Morgan fingerprint density at radius 2 is 1.80 bits per heavy atom. The molecule has 0 saturated heterocycles. The largest absolute Gasteiger partial charge is 0.384 e. The summed E-state index contributed by atoms with van der Waals surface area (Å²) in [6.07, 6.45) is 0. The van der Waals surface area contributed by atoms with Gasteiger partial charge in [0.2, 0.25) is 0 Å². The minimum atomic E-state index is 0.630. The molecule has 1 aromatic heterocycles. The van der Waals surface area contributed by atoms with E-state index in [-0.39, 0.29) is 0 Å². The molecule has 4 heteroatoms. The lowest BCUT2D eigenvalue weighted by atomic mass is 10.1. The number of benzene rings is 2. The first-order valence-electron chi connectivity index (χ1n) is 6.32. The molecule has 2 N–H and O–H groups in total. The molecular formula is C16H14BrN3. The zero-order chi connectivity index (χ0) is 14.1. The van der Waals surface area contributed by atoms with E-state index in [1.807, 2.05) is 42.5 Å². The summed E-state index contributed by atoms with van der Waals surface area (Å²) in [7, 11) is 0. The molecule has 100 valence electrons. The molecule has 0 saturated carbocycles. The van der Waals surface area contributed by atoms with Gasteiger partial charge in [0, 0.05) is 16.1 Å². The molecule has 0 bridgehead atoms. The first-order valence-corrected chi connectivity index (χ1v) is 7.12. The lowest BCUT2D eigenvalue weighted by Gasteiger charge is -2.04. The van der Waals surface area contributed by atoms with Crippen molar-refractivity contribution in [3.05, 3.63) is 64.6 Å². The van der Waals surface area contributed by atoms with E-state index in [4.69, 9.17) is 5.73 Å². The van der Waals surface area contributed by atoms with Gasteiger partial charge in [-0.2, -0.15) is 5.10 Å². The Bertz CT molecular complexity index is 748. The monoisotopic (exact) mass is 327 g/mol. The average molecular weight is 328 g/mol. The molecule has 0 spiro atoms. The van der Waals surface area contributed by atoms with Gasteiger partial charge >= 0.3 is 0 Å². The number of hydrogen-bond acceptors (Lipinski definition) is 2. The van der Waals surface area contributed by atoms with Crippen LogP contribution in [-0.2, 0) is 0 Å². The van der Waals surface area contributed by atoms with E-state index in [0.717, 1.165) is 21.4 Å². The second kappa shape index (κ2) is 5.13.